The summed E-state index contributed by atoms with van der Waals surface area (Å²) in [5, 5.41) is 0. The molecular formula is C15H21NO. The van der Waals surface area contributed by atoms with Crippen LogP contribution >= 0.6 is 0 Å². The Kier molecular flexibility index (Phi) is 5.59. The quantitative estimate of drug-likeness (QED) is 0.603. The van der Waals surface area contributed by atoms with Gasteiger partial charge in [-0.15, -0.1) is 12.3 Å². The molecule has 1 rings (SSSR count). The van der Waals surface area contributed by atoms with Crippen molar-refractivity contribution in [2.45, 2.75) is 39.2 Å². The molecule has 0 fully saturated rings. The Hall–Kier alpha value is -1.46. The van der Waals surface area contributed by atoms with Gasteiger partial charge >= 0.3 is 0 Å². The van der Waals surface area contributed by atoms with Gasteiger partial charge in [-0.1, -0.05) is 18.2 Å². The van der Waals surface area contributed by atoms with Crippen LogP contribution in [0, 0.1) is 19.3 Å². The molecule has 0 bridgehead atoms. The molecule has 0 aliphatic carbocycles. The summed E-state index contributed by atoms with van der Waals surface area (Å²) in [5.74, 6) is 3.59. The van der Waals surface area contributed by atoms with Crippen LogP contribution in [0.15, 0.2) is 18.2 Å². The summed E-state index contributed by atoms with van der Waals surface area (Å²) in [6, 6.07) is 6.32. The van der Waals surface area contributed by atoms with Crippen molar-refractivity contribution >= 4 is 0 Å². The van der Waals surface area contributed by atoms with Crippen molar-refractivity contribution < 1.29 is 4.74 Å². The number of aryl methyl sites for hydroxylation is 1. The van der Waals surface area contributed by atoms with Gasteiger partial charge in [-0.25, -0.2) is 0 Å². The average Bonchev–Trinajstić information content (AvgIpc) is 2.26. The maximum absolute atomic E-state index is 5.84. The van der Waals surface area contributed by atoms with E-state index in [2.05, 4.69) is 25.0 Å². The lowest BCUT2D eigenvalue weighted by molar-refractivity contribution is 0.307. The van der Waals surface area contributed by atoms with Gasteiger partial charge in [0, 0.05) is 12.5 Å². The summed E-state index contributed by atoms with van der Waals surface area (Å²) in [7, 11) is 0. The summed E-state index contributed by atoms with van der Waals surface area (Å²) in [6.07, 6.45) is 7.70. The van der Waals surface area contributed by atoms with Gasteiger partial charge in [0.05, 0.1) is 6.61 Å². The van der Waals surface area contributed by atoms with Crippen molar-refractivity contribution in [3.8, 4) is 18.1 Å². The van der Waals surface area contributed by atoms with Crippen molar-refractivity contribution in [2.24, 2.45) is 5.73 Å². The summed E-state index contributed by atoms with van der Waals surface area (Å²) in [4.78, 5) is 0. The van der Waals surface area contributed by atoms with E-state index in [1.165, 1.54) is 5.56 Å². The molecule has 1 atom stereocenters. The predicted octanol–water partition coefficient (Wildman–Crippen LogP) is 2.68. The molecule has 2 heteroatoms. The summed E-state index contributed by atoms with van der Waals surface area (Å²) >= 11 is 0. The first-order chi connectivity index (χ1) is 8.15. The number of hydrogen-bond donors (Lipinski definition) is 1. The van der Waals surface area contributed by atoms with Gasteiger partial charge in [0.15, 0.2) is 0 Å². The van der Waals surface area contributed by atoms with Crippen LogP contribution in [-0.4, -0.2) is 12.6 Å². The fraction of sp³-hybridized carbons (Fsp3) is 0.467. The van der Waals surface area contributed by atoms with Crippen molar-refractivity contribution in [2.75, 3.05) is 6.61 Å². The number of unbranched alkanes of at least 4 members (excludes halogenated alkanes) is 1. The van der Waals surface area contributed by atoms with Crippen molar-refractivity contribution in [1.29, 1.82) is 0 Å². The molecule has 17 heavy (non-hydrogen) atoms. The number of nitrogens with two attached hydrogens (primary N) is 1. The second kappa shape index (κ2) is 6.98. The Morgan fingerprint density at radius 3 is 2.88 bits per heavy atom. The molecule has 0 saturated heterocycles. The zero-order valence-electron chi connectivity index (χ0n) is 10.7. The van der Waals surface area contributed by atoms with Crippen molar-refractivity contribution in [3.63, 3.8) is 0 Å². The number of ether oxygens (including phenoxy) is 1. The molecule has 2 nitrogen and oxygen atoms in total. The summed E-state index contributed by atoms with van der Waals surface area (Å²) < 4.78 is 5.82. The Morgan fingerprint density at radius 1 is 1.47 bits per heavy atom. The molecule has 92 valence electrons. The van der Waals surface area contributed by atoms with E-state index in [0.29, 0.717) is 6.61 Å². The number of rotatable bonds is 6. The topological polar surface area (TPSA) is 35.2 Å². The Balaban J connectivity index is 2.70. The minimum atomic E-state index is 0.143. The second-order valence-corrected chi connectivity index (χ2v) is 4.40. The highest BCUT2D eigenvalue weighted by atomic mass is 16.5. The summed E-state index contributed by atoms with van der Waals surface area (Å²) in [6.45, 7) is 4.73. The van der Waals surface area contributed by atoms with Crippen LogP contribution < -0.4 is 10.5 Å². The third-order valence-corrected chi connectivity index (χ3v) is 2.55. The van der Waals surface area contributed by atoms with Gasteiger partial charge in [-0.2, -0.15) is 0 Å². The van der Waals surface area contributed by atoms with Crippen LogP contribution in [-0.2, 0) is 6.42 Å². The molecule has 0 saturated carbocycles. The molecule has 0 amide bonds. The molecule has 2 N–H and O–H groups in total. The molecule has 0 radical (unpaired) electrons. The molecule has 0 aliphatic heterocycles. The van der Waals surface area contributed by atoms with Gasteiger partial charge in [0.2, 0.25) is 0 Å². The largest absolute Gasteiger partial charge is 0.493 e. The average molecular weight is 231 g/mol. The predicted molar refractivity (Wildman–Crippen MR) is 72.1 cm³/mol. The van der Waals surface area contributed by atoms with Crippen LogP contribution in [0.5, 0.6) is 5.75 Å². The van der Waals surface area contributed by atoms with Crippen molar-refractivity contribution in [1.82, 2.24) is 0 Å². The minimum Gasteiger partial charge on any atom is -0.493 e. The van der Waals surface area contributed by atoms with E-state index in [-0.39, 0.29) is 6.04 Å². The molecule has 1 unspecified atom stereocenters. The Bertz CT molecular complexity index is 390. The zero-order valence-corrected chi connectivity index (χ0v) is 10.7. The monoisotopic (exact) mass is 231 g/mol. The zero-order chi connectivity index (χ0) is 12.7. The van der Waals surface area contributed by atoms with Gasteiger partial charge in [0.25, 0.3) is 0 Å². The standard InChI is InChI=1S/C15H21NO/c1-4-5-6-10-17-15-12(2)8-7-9-14(15)11-13(3)16/h1,7-9,13H,5-6,10-11,16H2,2-3H3. The van der Waals surface area contributed by atoms with Gasteiger partial charge in [-0.3, -0.25) is 0 Å². The lowest BCUT2D eigenvalue weighted by atomic mass is 10.0. The Labute approximate surface area is 104 Å². The number of para-hydroxylation sites is 1. The van der Waals surface area contributed by atoms with E-state index < -0.39 is 0 Å². The van der Waals surface area contributed by atoms with E-state index in [0.717, 1.165) is 30.6 Å². The summed E-state index contributed by atoms with van der Waals surface area (Å²) in [5.41, 5.74) is 8.18. The van der Waals surface area contributed by atoms with Gasteiger partial charge in [-0.05, 0) is 37.8 Å². The lowest BCUT2D eigenvalue weighted by Gasteiger charge is -2.15. The van der Waals surface area contributed by atoms with Crippen molar-refractivity contribution in [3.05, 3.63) is 29.3 Å². The molecule has 1 aromatic rings. The maximum Gasteiger partial charge on any atom is 0.125 e. The van der Waals surface area contributed by atoms with Crippen LogP contribution in [0.3, 0.4) is 0 Å². The Morgan fingerprint density at radius 2 is 2.24 bits per heavy atom. The third kappa shape index (κ3) is 4.50. The molecular weight excluding hydrogens is 210 g/mol. The van der Waals surface area contributed by atoms with E-state index in [4.69, 9.17) is 16.9 Å². The highest BCUT2D eigenvalue weighted by Crippen LogP contribution is 2.24. The first-order valence-electron chi connectivity index (χ1n) is 6.05. The van der Waals surface area contributed by atoms with E-state index in [9.17, 15) is 0 Å². The van der Waals surface area contributed by atoms with E-state index >= 15 is 0 Å². The fourth-order valence-corrected chi connectivity index (χ4v) is 1.78. The van der Waals surface area contributed by atoms with Crippen LogP contribution in [0.2, 0.25) is 0 Å². The van der Waals surface area contributed by atoms with Crippen LogP contribution in [0.4, 0.5) is 0 Å². The number of benzene rings is 1. The van der Waals surface area contributed by atoms with E-state index in [1.807, 2.05) is 13.0 Å². The molecule has 0 aromatic heterocycles. The first-order valence-corrected chi connectivity index (χ1v) is 6.05. The normalized spacial score (nSPS) is 11.9. The third-order valence-electron chi connectivity index (χ3n) is 2.55. The highest BCUT2D eigenvalue weighted by Gasteiger charge is 2.08. The minimum absolute atomic E-state index is 0.143. The van der Waals surface area contributed by atoms with E-state index in [1.54, 1.807) is 0 Å². The SMILES string of the molecule is C#CCCCOc1c(C)cccc1CC(C)N. The van der Waals surface area contributed by atoms with Gasteiger partial charge in [0.1, 0.15) is 5.75 Å². The number of hydrogen-bond acceptors (Lipinski definition) is 2. The van der Waals surface area contributed by atoms with Crippen LogP contribution in [0.25, 0.3) is 0 Å². The second-order valence-electron chi connectivity index (χ2n) is 4.40. The van der Waals surface area contributed by atoms with Gasteiger partial charge < -0.3 is 10.5 Å². The molecule has 1 aromatic carbocycles. The molecule has 0 aliphatic rings. The lowest BCUT2D eigenvalue weighted by Crippen LogP contribution is -2.18. The van der Waals surface area contributed by atoms with Crippen LogP contribution in [0.1, 0.15) is 30.9 Å². The molecule has 0 spiro atoms. The highest BCUT2D eigenvalue weighted by molar-refractivity contribution is 5.41. The fourth-order valence-electron chi connectivity index (χ4n) is 1.78. The number of terminal acetylenes is 1. The first kappa shape index (κ1) is 13.6. The smallest absolute Gasteiger partial charge is 0.125 e. The maximum atomic E-state index is 5.84. The molecule has 0 heterocycles.